The second-order valence-corrected chi connectivity index (χ2v) is 4.60. The van der Waals surface area contributed by atoms with Crippen LogP contribution in [-0.4, -0.2) is 34.7 Å². The van der Waals surface area contributed by atoms with E-state index in [-0.39, 0.29) is 6.54 Å². The van der Waals surface area contributed by atoms with Crippen molar-refractivity contribution in [3.05, 3.63) is 36.9 Å². The third-order valence-electron chi connectivity index (χ3n) is 2.94. The molecule has 0 spiro atoms. The topological polar surface area (TPSA) is 94.5 Å². The Balaban J connectivity index is 1.56. The third-order valence-corrected chi connectivity index (χ3v) is 2.94. The van der Waals surface area contributed by atoms with Crippen molar-refractivity contribution in [3.63, 3.8) is 0 Å². The number of aromatic nitrogens is 2. The molecular formula is C14H14N4O4. The first-order valence-electron chi connectivity index (χ1n) is 6.67. The fourth-order valence-electron chi connectivity index (χ4n) is 2.00. The monoisotopic (exact) mass is 302 g/mol. The summed E-state index contributed by atoms with van der Waals surface area (Å²) in [6.45, 7) is 0.990. The van der Waals surface area contributed by atoms with E-state index in [0.717, 1.165) is 0 Å². The van der Waals surface area contributed by atoms with Gasteiger partial charge in [-0.2, -0.15) is 0 Å². The molecule has 0 unspecified atom stereocenters. The quantitative estimate of drug-likeness (QED) is 0.882. The number of rotatable bonds is 3. The highest BCUT2D eigenvalue weighted by Crippen LogP contribution is 2.32. The van der Waals surface area contributed by atoms with E-state index >= 15 is 0 Å². The van der Waals surface area contributed by atoms with Crippen LogP contribution >= 0.6 is 0 Å². The van der Waals surface area contributed by atoms with Gasteiger partial charge in [0.25, 0.3) is 0 Å². The lowest BCUT2D eigenvalue weighted by Crippen LogP contribution is -2.36. The molecule has 3 rings (SSSR count). The van der Waals surface area contributed by atoms with Gasteiger partial charge in [0.2, 0.25) is 5.91 Å². The van der Waals surface area contributed by atoms with Crippen LogP contribution in [0.4, 0.5) is 10.5 Å². The van der Waals surface area contributed by atoms with Gasteiger partial charge in [0, 0.05) is 24.1 Å². The van der Waals surface area contributed by atoms with E-state index in [0.29, 0.717) is 30.4 Å². The minimum absolute atomic E-state index is 0.0224. The average Bonchev–Trinajstić information content (AvgIpc) is 2.99. The van der Waals surface area contributed by atoms with Crippen molar-refractivity contribution < 1.29 is 19.1 Å². The highest BCUT2D eigenvalue weighted by atomic mass is 16.6. The maximum Gasteiger partial charge on any atom is 0.325 e. The Morgan fingerprint density at radius 1 is 1.23 bits per heavy atom. The first kappa shape index (κ1) is 13.9. The molecule has 0 atom stereocenters. The molecule has 8 heteroatoms. The van der Waals surface area contributed by atoms with Crippen molar-refractivity contribution >= 4 is 17.6 Å². The molecule has 1 aliphatic rings. The summed E-state index contributed by atoms with van der Waals surface area (Å²) in [6.07, 6.45) is 4.69. The summed E-state index contributed by atoms with van der Waals surface area (Å²) in [7, 11) is 0. The van der Waals surface area contributed by atoms with Crippen molar-refractivity contribution in [1.29, 1.82) is 0 Å². The average molecular weight is 302 g/mol. The molecule has 3 amide bonds. The van der Waals surface area contributed by atoms with Gasteiger partial charge in [0.1, 0.15) is 19.8 Å². The maximum absolute atomic E-state index is 11.8. The zero-order valence-electron chi connectivity index (χ0n) is 11.6. The van der Waals surface area contributed by atoms with Crippen molar-refractivity contribution in [1.82, 2.24) is 14.9 Å². The lowest BCUT2D eigenvalue weighted by molar-refractivity contribution is -0.120. The van der Waals surface area contributed by atoms with E-state index in [1.165, 1.54) is 6.33 Å². The number of fused-ring (bicyclic) bond motifs is 1. The number of amides is 3. The highest BCUT2D eigenvalue weighted by molar-refractivity contribution is 6.01. The van der Waals surface area contributed by atoms with Gasteiger partial charge < -0.3 is 19.4 Å². The normalized spacial score (nSPS) is 12.5. The molecule has 1 aliphatic heterocycles. The lowest BCUT2D eigenvalue weighted by Gasteiger charge is -2.19. The van der Waals surface area contributed by atoms with Crippen LogP contribution in [-0.2, 0) is 11.3 Å². The Kier molecular flexibility index (Phi) is 3.90. The molecule has 2 heterocycles. The van der Waals surface area contributed by atoms with Gasteiger partial charge in [0.15, 0.2) is 11.5 Å². The first-order valence-corrected chi connectivity index (χ1v) is 6.67. The molecule has 1 aromatic heterocycles. The molecule has 0 bridgehead atoms. The van der Waals surface area contributed by atoms with Crippen LogP contribution in [0.15, 0.2) is 36.9 Å². The number of carbonyl (C=O) groups excluding carboxylic acids is 2. The predicted molar refractivity (Wildman–Crippen MR) is 76.8 cm³/mol. The number of hydrogen-bond acceptors (Lipinski definition) is 5. The molecule has 0 saturated heterocycles. The van der Waals surface area contributed by atoms with E-state index in [4.69, 9.17) is 9.47 Å². The van der Waals surface area contributed by atoms with Gasteiger partial charge in [-0.25, -0.2) is 9.78 Å². The molecule has 0 saturated carbocycles. The van der Waals surface area contributed by atoms with Crippen LogP contribution in [0.3, 0.4) is 0 Å². The van der Waals surface area contributed by atoms with E-state index < -0.39 is 11.9 Å². The molecule has 2 N–H and O–H groups in total. The van der Waals surface area contributed by atoms with Gasteiger partial charge in [-0.3, -0.25) is 10.1 Å². The summed E-state index contributed by atoms with van der Waals surface area (Å²) in [6, 6.07) is 4.42. The Morgan fingerprint density at radius 3 is 2.82 bits per heavy atom. The molecule has 0 aliphatic carbocycles. The zero-order valence-corrected chi connectivity index (χ0v) is 11.6. The van der Waals surface area contributed by atoms with Crippen LogP contribution in [0.1, 0.15) is 0 Å². The Hall–Kier alpha value is -3.03. The Bertz CT molecular complexity index is 684. The number of carbonyl (C=O) groups is 2. The Labute approximate surface area is 126 Å². The number of imide groups is 1. The maximum atomic E-state index is 11.8. The fourth-order valence-corrected chi connectivity index (χ4v) is 2.00. The second-order valence-electron chi connectivity index (χ2n) is 4.60. The number of benzene rings is 1. The van der Waals surface area contributed by atoms with E-state index in [9.17, 15) is 9.59 Å². The van der Waals surface area contributed by atoms with Crippen LogP contribution in [0.25, 0.3) is 0 Å². The van der Waals surface area contributed by atoms with Gasteiger partial charge in [-0.1, -0.05) is 0 Å². The van der Waals surface area contributed by atoms with Crippen molar-refractivity contribution in [2.24, 2.45) is 0 Å². The van der Waals surface area contributed by atoms with Crippen LogP contribution in [0.2, 0.25) is 0 Å². The van der Waals surface area contributed by atoms with Crippen LogP contribution in [0.5, 0.6) is 11.5 Å². The molecule has 114 valence electrons. The number of hydrogen-bond donors (Lipinski definition) is 2. The highest BCUT2D eigenvalue weighted by Gasteiger charge is 2.13. The van der Waals surface area contributed by atoms with E-state index in [2.05, 4.69) is 15.6 Å². The number of nitrogens with zero attached hydrogens (tertiary/aromatic N) is 2. The largest absolute Gasteiger partial charge is 0.486 e. The van der Waals surface area contributed by atoms with E-state index in [1.54, 1.807) is 35.2 Å². The van der Waals surface area contributed by atoms with Gasteiger partial charge in [-0.05, 0) is 12.1 Å². The number of urea groups is 1. The number of imidazole rings is 1. The minimum Gasteiger partial charge on any atom is -0.486 e. The summed E-state index contributed by atoms with van der Waals surface area (Å²) in [4.78, 5) is 27.3. The fraction of sp³-hybridized carbons (Fsp3) is 0.214. The first-order chi connectivity index (χ1) is 10.7. The van der Waals surface area contributed by atoms with Crippen LogP contribution in [0, 0.1) is 0 Å². The standard InChI is InChI=1S/C14H14N4O4/c19-13(8-18-4-3-15-9-18)17-14(20)16-10-1-2-11-12(7-10)22-6-5-21-11/h1-4,7,9H,5-6,8H2,(H2,16,17,19,20). The molecular weight excluding hydrogens is 288 g/mol. The lowest BCUT2D eigenvalue weighted by atomic mass is 10.2. The number of ether oxygens (including phenoxy) is 2. The summed E-state index contributed by atoms with van der Waals surface area (Å²) in [5, 5.41) is 4.81. The molecule has 22 heavy (non-hydrogen) atoms. The smallest absolute Gasteiger partial charge is 0.325 e. The predicted octanol–water partition coefficient (Wildman–Crippen LogP) is 1.00. The molecule has 1 aromatic carbocycles. The van der Waals surface area contributed by atoms with E-state index in [1.807, 2.05) is 0 Å². The summed E-state index contributed by atoms with van der Waals surface area (Å²) >= 11 is 0. The van der Waals surface area contributed by atoms with Crippen LogP contribution < -0.4 is 20.1 Å². The van der Waals surface area contributed by atoms with Gasteiger partial charge in [-0.15, -0.1) is 0 Å². The summed E-state index contributed by atoms with van der Waals surface area (Å²) in [5.41, 5.74) is 0.511. The Morgan fingerprint density at radius 2 is 2.05 bits per heavy atom. The minimum atomic E-state index is -0.609. The van der Waals surface area contributed by atoms with Crippen molar-refractivity contribution in [3.8, 4) is 11.5 Å². The molecule has 0 fully saturated rings. The number of anilines is 1. The zero-order chi connectivity index (χ0) is 15.4. The third kappa shape index (κ3) is 3.35. The second kappa shape index (κ2) is 6.17. The molecule has 2 aromatic rings. The van der Waals surface area contributed by atoms with Gasteiger partial charge in [0.05, 0.1) is 6.33 Å². The summed E-state index contributed by atoms with van der Waals surface area (Å²) < 4.78 is 12.4. The van der Waals surface area contributed by atoms with Crippen molar-refractivity contribution in [2.45, 2.75) is 6.54 Å². The molecule has 0 radical (unpaired) electrons. The van der Waals surface area contributed by atoms with Crippen molar-refractivity contribution in [2.75, 3.05) is 18.5 Å². The molecule has 8 nitrogen and oxygen atoms in total. The summed E-state index contributed by atoms with van der Waals surface area (Å²) in [5.74, 6) is 0.759. The SMILES string of the molecule is O=C(Cn1ccnc1)NC(=O)Nc1ccc2c(c1)OCCO2. The van der Waals surface area contributed by atoms with Gasteiger partial charge >= 0.3 is 6.03 Å². The number of nitrogens with one attached hydrogen (secondary N) is 2.